The van der Waals surface area contributed by atoms with Crippen LogP contribution in [-0.2, 0) is 11.0 Å². The van der Waals surface area contributed by atoms with Gasteiger partial charge in [0.05, 0.1) is 29.6 Å². The van der Waals surface area contributed by atoms with E-state index in [1.165, 1.54) is 0 Å². The van der Waals surface area contributed by atoms with Gasteiger partial charge in [-0.2, -0.15) is 26.3 Å². The van der Waals surface area contributed by atoms with Crippen molar-refractivity contribution in [2.75, 3.05) is 5.32 Å². The molecule has 1 aromatic carbocycles. The number of amides is 2. The second-order valence-electron chi connectivity index (χ2n) is 8.27. The fourth-order valence-corrected chi connectivity index (χ4v) is 4.61. The van der Waals surface area contributed by atoms with E-state index in [-0.39, 0.29) is 12.5 Å². The number of aromatic nitrogens is 2. The number of nitrogens with zero attached hydrogens (tertiary/aromatic N) is 3. The van der Waals surface area contributed by atoms with Gasteiger partial charge in [0.15, 0.2) is 11.6 Å². The molecule has 4 rings (SSSR count). The molecule has 3 heterocycles. The first-order valence-corrected chi connectivity index (χ1v) is 9.92. The van der Waals surface area contributed by atoms with E-state index >= 15 is 0 Å². The van der Waals surface area contributed by atoms with Gasteiger partial charge < -0.3 is 15.3 Å². The van der Waals surface area contributed by atoms with Crippen molar-refractivity contribution in [2.45, 2.75) is 43.2 Å². The molecule has 15 heteroatoms. The number of urea groups is 1. The lowest BCUT2D eigenvalue weighted by Gasteiger charge is -2.61. The smallest absolute Gasteiger partial charge is 0.417 e. The van der Waals surface area contributed by atoms with Crippen molar-refractivity contribution < 1.29 is 49.8 Å². The van der Waals surface area contributed by atoms with Crippen LogP contribution >= 0.6 is 0 Å². The normalized spacial score (nSPS) is 24.1. The highest BCUT2D eigenvalue weighted by atomic mass is 19.4. The summed E-state index contributed by atoms with van der Waals surface area (Å²) in [6, 6.07) is -1.84. The second-order valence-corrected chi connectivity index (χ2v) is 8.27. The van der Waals surface area contributed by atoms with Crippen LogP contribution in [-0.4, -0.2) is 49.7 Å². The van der Waals surface area contributed by atoms with Crippen LogP contribution in [0.3, 0.4) is 0 Å². The Hall–Kier alpha value is -3.52. The molecule has 188 valence electrons. The van der Waals surface area contributed by atoms with Gasteiger partial charge in [0, 0.05) is 18.0 Å². The fourth-order valence-electron chi connectivity index (χ4n) is 4.61. The molecule has 35 heavy (non-hydrogen) atoms. The van der Waals surface area contributed by atoms with E-state index in [1.54, 1.807) is 0 Å². The van der Waals surface area contributed by atoms with Crippen LogP contribution in [0.1, 0.15) is 24.8 Å². The van der Waals surface area contributed by atoms with Crippen LogP contribution in [0.25, 0.3) is 11.4 Å². The maximum Gasteiger partial charge on any atom is 0.417 e. The zero-order valence-corrected chi connectivity index (χ0v) is 17.2. The summed E-state index contributed by atoms with van der Waals surface area (Å²) in [5, 5.41) is 11.5. The molecule has 0 spiro atoms. The summed E-state index contributed by atoms with van der Waals surface area (Å²) < 4.78 is 108. The number of hydrogen-bond acceptors (Lipinski definition) is 4. The summed E-state index contributed by atoms with van der Waals surface area (Å²) in [6.45, 7) is 0. The minimum atomic E-state index is -5.09. The van der Waals surface area contributed by atoms with E-state index in [2.05, 4.69) is 9.97 Å². The Bertz CT molecular complexity index is 1180. The summed E-state index contributed by atoms with van der Waals surface area (Å²) in [5.74, 6) is -6.82. The van der Waals surface area contributed by atoms with Gasteiger partial charge in [0.1, 0.15) is 11.4 Å². The average molecular weight is 510 g/mol. The van der Waals surface area contributed by atoms with Gasteiger partial charge in [-0.3, -0.25) is 0 Å². The van der Waals surface area contributed by atoms with E-state index in [0.717, 1.165) is 0 Å². The van der Waals surface area contributed by atoms with Crippen LogP contribution in [0.15, 0.2) is 24.5 Å². The maximum atomic E-state index is 14.5. The van der Waals surface area contributed by atoms with Gasteiger partial charge in [0.2, 0.25) is 0 Å². The Morgan fingerprint density at radius 1 is 1.06 bits per heavy atom. The number of carboxylic acid groups (broad SMARTS) is 1. The molecule has 7 nitrogen and oxygen atoms in total. The fraction of sp³-hybridized carbons (Fsp3) is 0.400. The Kier molecular flexibility index (Phi) is 5.64. The minimum Gasteiger partial charge on any atom is -0.479 e. The molecule has 0 saturated carbocycles. The molecule has 2 aliphatic heterocycles. The quantitative estimate of drug-likeness (QED) is 0.577. The molecule has 2 aliphatic rings. The summed E-state index contributed by atoms with van der Waals surface area (Å²) in [5.41, 5.74) is -5.37. The molecule has 2 fully saturated rings. The zero-order valence-electron chi connectivity index (χ0n) is 17.2. The molecule has 2 aromatic rings. The van der Waals surface area contributed by atoms with Crippen molar-refractivity contribution in [3.8, 4) is 11.4 Å². The highest BCUT2D eigenvalue weighted by molar-refractivity contribution is 5.96. The molecule has 2 N–H and O–H groups in total. The van der Waals surface area contributed by atoms with E-state index in [1.807, 2.05) is 5.32 Å². The number of carbonyl (C=O) groups excluding carboxylic acids is 1. The van der Waals surface area contributed by atoms with Gasteiger partial charge in [-0.1, -0.05) is 0 Å². The van der Waals surface area contributed by atoms with Gasteiger partial charge in [0.25, 0.3) is 0 Å². The van der Waals surface area contributed by atoms with Crippen molar-refractivity contribution in [3.05, 3.63) is 41.7 Å². The van der Waals surface area contributed by atoms with E-state index in [0.29, 0.717) is 23.4 Å². The Balaban J connectivity index is 1.68. The van der Waals surface area contributed by atoms with Crippen molar-refractivity contribution in [1.82, 2.24) is 14.9 Å². The number of carbonyl (C=O) groups is 2. The SMILES string of the molecule is O=C(Nc1cc(-c2ncc(F)cn2)c(C(F)(F)F)cc1F)N1C2CC(C(F)(F)F)CC1(C(=O)O)C2. The molecular formula is C20H14F8N4O3. The summed E-state index contributed by atoms with van der Waals surface area (Å²) in [6.07, 6.45) is -10.4. The van der Waals surface area contributed by atoms with Gasteiger partial charge in [-0.05, 0) is 25.0 Å². The molecular weight excluding hydrogens is 496 g/mol. The van der Waals surface area contributed by atoms with Crippen LogP contribution < -0.4 is 5.32 Å². The number of carboxylic acids is 1. The Morgan fingerprint density at radius 3 is 2.23 bits per heavy atom. The van der Waals surface area contributed by atoms with Gasteiger partial charge >= 0.3 is 24.4 Å². The van der Waals surface area contributed by atoms with Crippen molar-refractivity contribution in [3.63, 3.8) is 0 Å². The third kappa shape index (κ3) is 4.23. The second kappa shape index (κ2) is 8.02. The monoisotopic (exact) mass is 510 g/mol. The number of benzene rings is 1. The molecule has 0 radical (unpaired) electrons. The number of hydrogen-bond donors (Lipinski definition) is 2. The number of piperidine rings is 1. The lowest BCUT2D eigenvalue weighted by molar-refractivity contribution is -0.227. The molecule has 2 saturated heterocycles. The van der Waals surface area contributed by atoms with Gasteiger partial charge in [-0.15, -0.1) is 0 Å². The lowest BCUT2D eigenvalue weighted by atomic mass is 9.63. The van der Waals surface area contributed by atoms with Gasteiger partial charge in [-0.25, -0.2) is 28.3 Å². The molecule has 0 aliphatic carbocycles. The molecule has 2 bridgehead atoms. The van der Waals surface area contributed by atoms with E-state index in [4.69, 9.17) is 0 Å². The first-order chi connectivity index (χ1) is 16.1. The Morgan fingerprint density at radius 2 is 1.69 bits per heavy atom. The van der Waals surface area contributed by atoms with Crippen LogP contribution in [0, 0.1) is 17.6 Å². The largest absolute Gasteiger partial charge is 0.479 e. The van der Waals surface area contributed by atoms with Crippen molar-refractivity contribution in [1.29, 1.82) is 0 Å². The lowest BCUT2D eigenvalue weighted by Crippen LogP contribution is -2.76. The molecule has 2 amide bonds. The zero-order chi connectivity index (χ0) is 25.9. The van der Waals surface area contributed by atoms with Crippen LogP contribution in [0.4, 0.5) is 45.6 Å². The topological polar surface area (TPSA) is 95.4 Å². The first kappa shape index (κ1) is 24.6. The number of halogens is 8. The molecule has 1 aromatic heterocycles. The minimum absolute atomic E-state index is 0.0429. The molecule has 3 unspecified atom stereocenters. The van der Waals surface area contributed by atoms with E-state index < -0.39 is 89.0 Å². The van der Waals surface area contributed by atoms with E-state index in [9.17, 15) is 49.8 Å². The third-order valence-electron chi connectivity index (χ3n) is 6.14. The standard InChI is InChI=1S/C20H14F8N4O3/c21-9-6-29-15(30-7-9)11-2-14(13(22)3-12(11)20(26,27)28)31-17(35)32-10-1-8(19(23,24)25)4-18(32,5-10)16(33)34/h2-3,6-8,10H,1,4-5H2,(H,31,35)(H,33,34). The molecule has 3 atom stereocenters. The summed E-state index contributed by atoms with van der Waals surface area (Å²) in [4.78, 5) is 32.1. The van der Waals surface area contributed by atoms with Crippen molar-refractivity contribution >= 4 is 17.7 Å². The van der Waals surface area contributed by atoms with Crippen LogP contribution in [0.2, 0.25) is 0 Å². The number of alkyl halides is 6. The predicted octanol–water partition coefficient (Wildman–Crippen LogP) is 4.84. The Labute approximate surface area is 190 Å². The van der Waals surface area contributed by atoms with Crippen molar-refractivity contribution in [2.24, 2.45) is 5.92 Å². The number of rotatable bonds is 3. The first-order valence-electron chi connectivity index (χ1n) is 9.92. The maximum absolute atomic E-state index is 14.5. The number of fused-ring (bicyclic) bond motifs is 2. The summed E-state index contributed by atoms with van der Waals surface area (Å²) >= 11 is 0. The number of anilines is 1. The predicted molar refractivity (Wildman–Crippen MR) is 101 cm³/mol. The number of aliphatic carboxylic acids is 1. The summed E-state index contributed by atoms with van der Waals surface area (Å²) in [7, 11) is 0. The highest BCUT2D eigenvalue weighted by Crippen LogP contribution is 2.54. The number of nitrogens with one attached hydrogen (secondary N) is 1. The van der Waals surface area contributed by atoms with Crippen LogP contribution in [0.5, 0.6) is 0 Å². The highest BCUT2D eigenvalue weighted by Gasteiger charge is 2.67. The average Bonchev–Trinajstić information content (AvgIpc) is 2.73. The third-order valence-corrected chi connectivity index (χ3v) is 6.14.